The summed E-state index contributed by atoms with van der Waals surface area (Å²) in [4.78, 5) is 11.1. The van der Waals surface area contributed by atoms with E-state index in [4.69, 9.17) is 0 Å². The third-order valence-electron chi connectivity index (χ3n) is 2.65. The van der Waals surface area contributed by atoms with Crippen LogP contribution in [0.1, 0.15) is 0 Å². The minimum Gasteiger partial charge on any atom is -0.423 e. The molecule has 2 rings (SSSR count). The van der Waals surface area contributed by atoms with E-state index in [9.17, 15) is 48.0 Å². The van der Waals surface area contributed by atoms with Crippen LogP contribution in [0.5, 0.6) is 11.5 Å². The number of benzene rings is 1. The Kier molecular flexibility index (Phi) is 4.85. The summed E-state index contributed by atoms with van der Waals surface area (Å²) in [6.07, 6.45) is 0. The van der Waals surface area contributed by atoms with Crippen LogP contribution in [0.15, 0.2) is 33.5 Å². The van der Waals surface area contributed by atoms with Crippen LogP contribution in [0, 0.1) is 0 Å². The first-order chi connectivity index (χ1) is 12.0. The Morgan fingerprint density at radius 2 is 1.22 bits per heavy atom. The minimum atomic E-state index is -6.42. The van der Waals surface area contributed by atoms with E-state index >= 15 is 0 Å². The van der Waals surface area contributed by atoms with Gasteiger partial charge < -0.3 is 12.8 Å². The van der Waals surface area contributed by atoms with Crippen molar-refractivity contribution in [2.24, 2.45) is 0 Å². The highest BCUT2D eigenvalue weighted by molar-refractivity contribution is 7.88. The normalized spacial score (nSPS) is 13.6. The molecule has 0 aliphatic heterocycles. The Morgan fingerprint density at radius 1 is 0.778 bits per heavy atom. The third kappa shape index (κ3) is 4.26. The van der Waals surface area contributed by atoms with Gasteiger partial charge in [0.1, 0.15) is 5.58 Å². The summed E-state index contributed by atoms with van der Waals surface area (Å²) in [7, 11) is -12.8. The highest BCUT2D eigenvalue weighted by Gasteiger charge is 2.51. The van der Waals surface area contributed by atoms with Gasteiger partial charge in [0.25, 0.3) is 0 Å². The summed E-state index contributed by atoms with van der Waals surface area (Å²) < 4.78 is 131. The molecule has 8 nitrogen and oxygen atoms in total. The number of halogens is 6. The summed E-state index contributed by atoms with van der Waals surface area (Å²) >= 11 is 0. The maximum atomic E-state index is 12.4. The molecule has 0 unspecified atom stereocenters. The van der Waals surface area contributed by atoms with E-state index in [1.807, 2.05) is 0 Å². The molecule has 0 saturated heterocycles. The second-order valence-electron chi connectivity index (χ2n) is 4.56. The summed E-state index contributed by atoms with van der Waals surface area (Å²) in [6.45, 7) is 0. The van der Waals surface area contributed by atoms with Gasteiger partial charge in [0.05, 0.1) is 0 Å². The lowest BCUT2D eigenvalue weighted by Crippen LogP contribution is -2.30. The number of fused-ring (bicyclic) bond motifs is 1. The largest absolute Gasteiger partial charge is 0.534 e. The zero-order valence-corrected chi connectivity index (χ0v) is 13.8. The predicted molar refractivity (Wildman–Crippen MR) is 73.7 cm³/mol. The number of hydrogen-bond acceptors (Lipinski definition) is 8. The Morgan fingerprint density at radius 3 is 1.67 bits per heavy atom. The molecule has 1 heterocycles. The van der Waals surface area contributed by atoms with Crippen molar-refractivity contribution in [1.82, 2.24) is 0 Å². The van der Waals surface area contributed by atoms with Crippen LogP contribution in [0.2, 0.25) is 0 Å². The molecule has 0 radical (unpaired) electrons. The number of alkyl halides is 6. The molecule has 0 spiro atoms. The Bertz CT molecular complexity index is 1140. The Hall–Kier alpha value is -2.49. The predicted octanol–water partition coefficient (Wildman–Crippen LogP) is 2.25. The number of hydrogen-bond donors (Lipinski definition) is 0. The summed E-state index contributed by atoms with van der Waals surface area (Å²) in [6, 6.07) is 2.28. The molecule has 1 aromatic heterocycles. The molecular formula is C11H4F6O8S2. The van der Waals surface area contributed by atoms with E-state index in [2.05, 4.69) is 12.8 Å². The zero-order chi connectivity index (χ0) is 20.8. The molecule has 0 saturated carbocycles. The van der Waals surface area contributed by atoms with Gasteiger partial charge in [-0.25, -0.2) is 4.79 Å². The molecule has 0 aliphatic rings. The van der Waals surface area contributed by atoms with E-state index in [-0.39, 0.29) is 11.5 Å². The molecule has 0 atom stereocenters. The van der Waals surface area contributed by atoms with Gasteiger partial charge in [-0.2, -0.15) is 43.2 Å². The minimum absolute atomic E-state index is 0.251. The van der Waals surface area contributed by atoms with Crippen LogP contribution in [0.25, 0.3) is 11.0 Å². The van der Waals surface area contributed by atoms with Crippen molar-refractivity contribution < 1.29 is 56.0 Å². The van der Waals surface area contributed by atoms with Gasteiger partial charge in [0.15, 0.2) is 11.5 Å². The SMILES string of the molecule is O=c1ccc2cc(OS(=O)(=O)C(F)(F)F)c(OS(=O)(=O)C(F)(F)F)cc2o1. The van der Waals surface area contributed by atoms with Crippen LogP contribution < -0.4 is 14.0 Å². The van der Waals surface area contributed by atoms with Gasteiger partial charge in [-0.05, 0) is 12.1 Å². The van der Waals surface area contributed by atoms with Gasteiger partial charge >= 0.3 is 36.9 Å². The van der Waals surface area contributed by atoms with Crippen LogP contribution >= 0.6 is 0 Å². The van der Waals surface area contributed by atoms with Crippen LogP contribution in [-0.4, -0.2) is 27.9 Å². The Balaban J connectivity index is 2.70. The molecule has 0 bridgehead atoms. The summed E-state index contributed by atoms with van der Waals surface area (Å²) in [5, 5.41) is -0.307. The molecule has 0 aliphatic carbocycles. The summed E-state index contributed by atoms with van der Waals surface area (Å²) in [5.74, 6) is -3.15. The highest BCUT2D eigenvalue weighted by Crippen LogP contribution is 2.38. The Labute approximate surface area is 145 Å². The van der Waals surface area contributed by atoms with Gasteiger partial charge in [-0.1, -0.05) is 0 Å². The van der Waals surface area contributed by atoms with Gasteiger partial charge in [-0.15, -0.1) is 0 Å². The molecule has 0 N–H and O–H groups in total. The quantitative estimate of drug-likeness (QED) is 0.306. The van der Waals surface area contributed by atoms with Crippen LogP contribution in [0.3, 0.4) is 0 Å². The van der Waals surface area contributed by atoms with Crippen molar-refractivity contribution >= 4 is 31.2 Å². The fraction of sp³-hybridized carbons (Fsp3) is 0.182. The average Bonchev–Trinajstić information content (AvgIpc) is 2.45. The highest BCUT2D eigenvalue weighted by atomic mass is 32.2. The van der Waals surface area contributed by atoms with Crippen molar-refractivity contribution in [3.63, 3.8) is 0 Å². The molecule has 150 valence electrons. The van der Waals surface area contributed by atoms with Gasteiger partial charge in [0, 0.05) is 17.5 Å². The lowest BCUT2D eigenvalue weighted by atomic mass is 10.2. The molecule has 16 heteroatoms. The van der Waals surface area contributed by atoms with E-state index in [0.717, 1.165) is 12.1 Å². The first-order valence-electron chi connectivity index (χ1n) is 6.13. The van der Waals surface area contributed by atoms with Crippen molar-refractivity contribution in [3.8, 4) is 11.5 Å². The maximum absolute atomic E-state index is 12.4. The molecular weight excluding hydrogens is 438 g/mol. The van der Waals surface area contributed by atoms with Gasteiger partial charge in [0.2, 0.25) is 0 Å². The summed E-state index contributed by atoms with van der Waals surface area (Å²) in [5.41, 5.74) is -13.7. The second kappa shape index (κ2) is 6.29. The van der Waals surface area contributed by atoms with Crippen LogP contribution in [-0.2, 0) is 20.2 Å². The van der Waals surface area contributed by atoms with Crippen molar-refractivity contribution in [2.75, 3.05) is 0 Å². The van der Waals surface area contributed by atoms with Crippen molar-refractivity contribution in [3.05, 3.63) is 34.7 Å². The fourth-order valence-electron chi connectivity index (χ4n) is 1.54. The number of rotatable bonds is 4. The van der Waals surface area contributed by atoms with Crippen molar-refractivity contribution in [1.29, 1.82) is 0 Å². The van der Waals surface area contributed by atoms with Crippen molar-refractivity contribution in [2.45, 2.75) is 11.0 Å². The monoisotopic (exact) mass is 442 g/mol. The lowest BCUT2D eigenvalue weighted by Gasteiger charge is -2.15. The third-order valence-corrected chi connectivity index (χ3v) is 4.58. The molecule has 0 fully saturated rings. The topological polar surface area (TPSA) is 117 Å². The van der Waals surface area contributed by atoms with E-state index in [0.29, 0.717) is 6.07 Å². The zero-order valence-electron chi connectivity index (χ0n) is 12.2. The second-order valence-corrected chi connectivity index (χ2v) is 7.63. The smallest absolute Gasteiger partial charge is 0.423 e. The molecule has 2 aromatic rings. The lowest BCUT2D eigenvalue weighted by molar-refractivity contribution is -0.0513. The molecule has 0 amide bonds. The fourth-order valence-corrected chi connectivity index (χ4v) is 2.46. The van der Waals surface area contributed by atoms with Crippen LogP contribution in [0.4, 0.5) is 26.3 Å². The van der Waals surface area contributed by atoms with E-state index in [1.165, 1.54) is 0 Å². The first kappa shape index (κ1) is 20.8. The average molecular weight is 442 g/mol. The van der Waals surface area contributed by atoms with E-state index < -0.39 is 54.0 Å². The first-order valence-corrected chi connectivity index (χ1v) is 8.94. The van der Waals surface area contributed by atoms with E-state index in [1.54, 1.807) is 0 Å². The molecule has 27 heavy (non-hydrogen) atoms. The maximum Gasteiger partial charge on any atom is 0.534 e. The standard InChI is InChI=1S/C11H4F6O8S2/c12-10(13,14)26(19,20)24-7-3-5-1-2-9(18)23-6(5)4-8(7)25-27(21,22)11(15,16)17/h1-4H. The van der Waals surface area contributed by atoms with Gasteiger partial charge in [-0.3, -0.25) is 0 Å². The molecule has 1 aromatic carbocycles.